The first-order chi connectivity index (χ1) is 8.31. The Kier molecular flexibility index (Phi) is 5.26. The van der Waals surface area contributed by atoms with E-state index in [1.807, 2.05) is 0 Å². The second-order valence-electron chi connectivity index (χ2n) is 5.63. The molecule has 2 N–H and O–H groups in total. The van der Waals surface area contributed by atoms with Crippen LogP contribution in [0.2, 0.25) is 0 Å². The molecule has 2 rings (SSSR count). The van der Waals surface area contributed by atoms with Gasteiger partial charge in [-0.15, -0.1) is 0 Å². The van der Waals surface area contributed by atoms with Crippen molar-refractivity contribution in [3.05, 3.63) is 0 Å². The molecule has 0 aromatic rings. The van der Waals surface area contributed by atoms with Gasteiger partial charge in [0.1, 0.15) is 0 Å². The SMILES string of the molecule is CCN(CCNC1CCCCCC1O)C1CC1. The molecular formula is C14H28N2O. The van der Waals surface area contributed by atoms with Gasteiger partial charge in [-0.05, 0) is 32.2 Å². The predicted octanol–water partition coefficient (Wildman–Crippen LogP) is 1.75. The maximum absolute atomic E-state index is 10.0. The summed E-state index contributed by atoms with van der Waals surface area (Å²) in [6, 6.07) is 1.20. The lowest BCUT2D eigenvalue weighted by Crippen LogP contribution is -2.43. The van der Waals surface area contributed by atoms with Gasteiger partial charge in [-0.25, -0.2) is 0 Å². The maximum Gasteiger partial charge on any atom is 0.0693 e. The zero-order valence-corrected chi connectivity index (χ0v) is 11.2. The van der Waals surface area contributed by atoms with Crippen LogP contribution >= 0.6 is 0 Å². The molecule has 0 heterocycles. The van der Waals surface area contributed by atoms with E-state index in [0.29, 0.717) is 6.04 Å². The molecule has 2 aliphatic carbocycles. The molecule has 0 radical (unpaired) electrons. The first kappa shape index (κ1) is 13.3. The minimum atomic E-state index is -0.117. The van der Waals surface area contributed by atoms with Gasteiger partial charge in [-0.3, -0.25) is 4.90 Å². The number of nitrogens with zero attached hydrogens (tertiary/aromatic N) is 1. The summed E-state index contributed by atoms with van der Waals surface area (Å²) in [6.07, 6.45) is 8.55. The topological polar surface area (TPSA) is 35.5 Å². The third kappa shape index (κ3) is 4.23. The Labute approximate surface area is 106 Å². The van der Waals surface area contributed by atoms with Crippen LogP contribution in [0.1, 0.15) is 51.9 Å². The highest BCUT2D eigenvalue weighted by Gasteiger charge is 2.27. The summed E-state index contributed by atoms with van der Waals surface area (Å²) >= 11 is 0. The minimum Gasteiger partial charge on any atom is -0.392 e. The molecular weight excluding hydrogens is 212 g/mol. The third-order valence-corrected chi connectivity index (χ3v) is 4.25. The van der Waals surface area contributed by atoms with E-state index in [4.69, 9.17) is 0 Å². The molecule has 0 aliphatic heterocycles. The van der Waals surface area contributed by atoms with E-state index in [9.17, 15) is 5.11 Å². The summed E-state index contributed by atoms with van der Waals surface area (Å²) in [5.74, 6) is 0. The Balaban J connectivity index is 1.65. The zero-order chi connectivity index (χ0) is 12.1. The van der Waals surface area contributed by atoms with Crippen molar-refractivity contribution in [2.45, 2.75) is 70.1 Å². The lowest BCUT2D eigenvalue weighted by molar-refractivity contribution is 0.117. The lowest BCUT2D eigenvalue weighted by Gasteiger charge is -2.25. The molecule has 2 unspecified atom stereocenters. The molecule has 0 saturated heterocycles. The number of rotatable bonds is 6. The molecule has 17 heavy (non-hydrogen) atoms. The molecule has 0 aromatic heterocycles. The second-order valence-corrected chi connectivity index (χ2v) is 5.63. The van der Waals surface area contributed by atoms with Gasteiger partial charge in [-0.1, -0.05) is 26.2 Å². The van der Waals surface area contributed by atoms with Crippen LogP contribution in [0.15, 0.2) is 0 Å². The highest BCUT2D eigenvalue weighted by molar-refractivity contribution is 4.85. The summed E-state index contributed by atoms with van der Waals surface area (Å²) in [6.45, 7) is 5.59. The first-order valence-corrected chi connectivity index (χ1v) is 7.46. The fourth-order valence-electron chi connectivity index (χ4n) is 2.96. The van der Waals surface area contributed by atoms with E-state index in [1.54, 1.807) is 0 Å². The Bertz CT molecular complexity index is 218. The van der Waals surface area contributed by atoms with Crippen molar-refractivity contribution in [3.8, 4) is 0 Å². The van der Waals surface area contributed by atoms with E-state index in [2.05, 4.69) is 17.1 Å². The van der Waals surface area contributed by atoms with Crippen molar-refractivity contribution < 1.29 is 5.11 Å². The monoisotopic (exact) mass is 240 g/mol. The number of likely N-dealkylation sites (N-methyl/N-ethyl adjacent to an activating group) is 1. The average molecular weight is 240 g/mol. The van der Waals surface area contributed by atoms with Gasteiger partial charge >= 0.3 is 0 Å². The fourth-order valence-corrected chi connectivity index (χ4v) is 2.96. The molecule has 0 amide bonds. The largest absolute Gasteiger partial charge is 0.392 e. The van der Waals surface area contributed by atoms with Gasteiger partial charge in [0.2, 0.25) is 0 Å². The Hall–Kier alpha value is -0.120. The van der Waals surface area contributed by atoms with Crippen molar-refractivity contribution in [1.29, 1.82) is 0 Å². The molecule has 3 heteroatoms. The standard InChI is InChI=1S/C14H28N2O/c1-2-16(12-8-9-12)11-10-15-13-6-4-3-5-7-14(13)17/h12-15,17H,2-11H2,1H3. The number of hydrogen-bond donors (Lipinski definition) is 2. The second kappa shape index (κ2) is 6.72. The van der Waals surface area contributed by atoms with Crippen LogP contribution in [0.3, 0.4) is 0 Å². The highest BCUT2D eigenvalue weighted by Crippen LogP contribution is 2.26. The summed E-state index contributed by atoms with van der Waals surface area (Å²) in [5.41, 5.74) is 0. The third-order valence-electron chi connectivity index (χ3n) is 4.25. The molecule has 3 nitrogen and oxygen atoms in total. The van der Waals surface area contributed by atoms with Crippen molar-refractivity contribution in [3.63, 3.8) is 0 Å². The smallest absolute Gasteiger partial charge is 0.0693 e. The van der Waals surface area contributed by atoms with Crippen molar-refractivity contribution in [2.75, 3.05) is 19.6 Å². The minimum absolute atomic E-state index is 0.117. The summed E-state index contributed by atoms with van der Waals surface area (Å²) in [7, 11) is 0. The Morgan fingerprint density at radius 1 is 1.12 bits per heavy atom. The molecule has 2 aliphatic rings. The summed E-state index contributed by atoms with van der Waals surface area (Å²) in [4.78, 5) is 2.57. The Morgan fingerprint density at radius 2 is 1.88 bits per heavy atom. The number of hydrogen-bond acceptors (Lipinski definition) is 3. The van der Waals surface area contributed by atoms with E-state index < -0.39 is 0 Å². The van der Waals surface area contributed by atoms with Crippen molar-refractivity contribution in [1.82, 2.24) is 10.2 Å². The van der Waals surface area contributed by atoms with Crippen LogP contribution in [0, 0.1) is 0 Å². The lowest BCUT2D eigenvalue weighted by atomic mass is 10.1. The normalized spacial score (nSPS) is 30.5. The van der Waals surface area contributed by atoms with E-state index in [-0.39, 0.29) is 6.10 Å². The quantitative estimate of drug-likeness (QED) is 0.694. The van der Waals surface area contributed by atoms with Crippen LogP contribution in [0.4, 0.5) is 0 Å². The number of aliphatic hydroxyl groups excluding tert-OH is 1. The van der Waals surface area contributed by atoms with Gasteiger partial charge in [-0.2, -0.15) is 0 Å². The summed E-state index contributed by atoms with van der Waals surface area (Å²) < 4.78 is 0. The van der Waals surface area contributed by atoms with E-state index in [1.165, 1.54) is 38.6 Å². The van der Waals surface area contributed by atoms with Crippen molar-refractivity contribution >= 4 is 0 Å². The van der Waals surface area contributed by atoms with Crippen LogP contribution in [-0.2, 0) is 0 Å². The van der Waals surface area contributed by atoms with Gasteiger partial charge in [0, 0.05) is 25.2 Å². The van der Waals surface area contributed by atoms with Crippen molar-refractivity contribution in [2.24, 2.45) is 0 Å². The molecule has 0 spiro atoms. The average Bonchev–Trinajstić information content (AvgIpc) is 3.14. The van der Waals surface area contributed by atoms with Crippen LogP contribution in [0.25, 0.3) is 0 Å². The fraction of sp³-hybridized carbons (Fsp3) is 1.00. The van der Waals surface area contributed by atoms with Crippen LogP contribution in [0.5, 0.6) is 0 Å². The highest BCUT2D eigenvalue weighted by atomic mass is 16.3. The molecule has 2 fully saturated rings. The predicted molar refractivity (Wildman–Crippen MR) is 71.2 cm³/mol. The first-order valence-electron chi connectivity index (χ1n) is 7.46. The molecule has 2 atom stereocenters. The Morgan fingerprint density at radius 3 is 2.59 bits per heavy atom. The van der Waals surface area contributed by atoms with E-state index >= 15 is 0 Å². The van der Waals surface area contributed by atoms with Gasteiger partial charge in [0.25, 0.3) is 0 Å². The zero-order valence-electron chi connectivity index (χ0n) is 11.2. The van der Waals surface area contributed by atoms with Gasteiger partial charge in [0.05, 0.1) is 6.10 Å². The van der Waals surface area contributed by atoms with Crippen LogP contribution < -0.4 is 5.32 Å². The van der Waals surface area contributed by atoms with E-state index in [0.717, 1.165) is 32.0 Å². The molecule has 0 bridgehead atoms. The number of nitrogens with one attached hydrogen (secondary N) is 1. The van der Waals surface area contributed by atoms with Crippen LogP contribution in [-0.4, -0.2) is 47.8 Å². The molecule has 0 aromatic carbocycles. The maximum atomic E-state index is 10.0. The molecule has 100 valence electrons. The number of aliphatic hydroxyl groups is 1. The van der Waals surface area contributed by atoms with Gasteiger partial charge in [0.15, 0.2) is 0 Å². The summed E-state index contributed by atoms with van der Waals surface area (Å²) in [5, 5.41) is 13.6. The van der Waals surface area contributed by atoms with Gasteiger partial charge < -0.3 is 10.4 Å². The molecule has 2 saturated carbocycles.